The second-order valence-corrected chi connectivity index (χ2v) is 7.27. The first-order valence-electron chi connectivity index (χ1n) is 10.5. The molecule has 32 heavy (non-hydrogen) atoms. The molecule has 160 valence electrons. The first-order valence-corrected chi connectivity index (χ1v) is 10.5. The summed E-state index contributed by atoms with van der Waals surface area (Å²) >= 11 is 0. The van der Waals surface area contributed by atoms with Gasteiger partial charge in [0.1, 0.15) is 36.9 Å². The predicted octanol–water partition coefficient (Wildman–Crippen LogP) is 6.20. The van der Waals surface area contributed by atoms with Gasteiger partial charge in [-0.15, -0.1) is 0 Å². The first kappa shape index (κ1) is 21.2. The lowest BCUT2D eigenvalue weighted by molar-refractivity contribution is 0.0467. The molecular formula is C28H24O4. The highest BCUT2D eigenvalue weighted by Crippen LogP contribution is 2.27. The van der Waals surface area contributed by atoms with Gasteiger partial charge < -0.3 is 14.2 Å². The molecule has 0 heterocycles. The van der Waals surface area contributed by atoms with Gasteiger partial charge in [0, 0.05) is 0 Å². The normalized spacial score (nSPS) is 10.4. The summed E-state index contributed by atoms with van der Waals surface area (Å²) in [5, 5.41) is 0. The molecule has 0 amide bonds. The number of esters is 1. The van der Waals surface area contributed by atoms with Crippen LogP contribution in [0.15, 0.2) is 109 Å². The fraction of sp³-hybridized carbons (Fsp3) is 0.107. The van der Waals surface area contributed by atoms with Gasteiger partial charge in [-0.25, -0.2) is 4.79 Å². The predicted molar refractivity (Wildman–Crippen MR) is 124 cm³/mol. The number of rotatable bonds is 9. The molecule has 4 nitrogen and oxygen atoms in total. The van der Waals surface area contributed by atoms with E-state index < -0.39 is 5.97 Å². The minimum absolute atomic E-state index is 0.187. The van der Waals surface area contributed by atoms with Gasteiger partial charge in [-0.3, -0.25) is 0 Å². The third kappa shape index (κ3) is 5.99. The van der Waals surface area contributed by atoms with E-state index in [0.29, 0.717) is 30.3 Å². The number of hydrogen-bond acceptors (Lipinski definition) is 4. The molecule has 0 atom stereocenters. The monoisotopic (exact) mass is 424 g/mol. The minimum Gasteiger partial charge on any atom is -0.489 e. The molecule has 0 aliphatic rings. The van der Waals surface area contributed by atoms with E-state index in [1.807, 2.05) is 91.0 Å². The minimum atomic E-state index is -0.456. The van der Waals surface area contributed by atoms with Crippen molar-refractivity contribution in [1.82, 2.24) is 0 Å². The molecule has 0 saturated heterocycles. The summed E-state index contributed by atoms with van der Waals surface area (Å²) in [4.78, 5) is 12.9. The van der Waals surface area contributed by atoms with E-state index in [1.54, 1.807) is 18.2 Å². The van der Waals surface area contributed by atoms with Crippen LogP contribution in [0.2, 0.25) is 0 Å². The van der Waals surface area contributed by atoms with E-state index in [2.05, 4.69) is 0 Å². The Bertz CT molecular complexity index is 1130. The molecule has 0 aromatic heterocycles. The van der Waals surface area contributed by atoms with Crippen LogP contribution in [0.3, 0.4) is 0 Å². The fourth-order valence-corrected chi connectivity index (χ4v) is 3.16. The molecule has 0 radical (unpaired) electrons. The maximum absolute atomic E-state index is 12.9. The van der Waals surface area contributed by atoms with Gasteiger partial charge in [0.25, 0.3) is 0 Å². The van der Waals surface area contributed by atoms with Crippen LogP contribution in [-0.2, 0) is 24.6 Å². The van der Waals surface area contributed by atoms with E-state index in [-0.39, 0.29) is 6.61 Å². The van der Waals surface area contributed by atoms with Crippen LogP contribution >= 0.6 is 0 Å². The third-order valence-electron chi connectivity index (χ3n) is 4.87. The second-order valence-electron chi connectivity index (χ2n) is 7.27. The molecule has 4 heteroatoms. The molecule has 0 unspecified atom stereocenters. The van der Waals surface area contributed by atoms with Crippen LogP contribution < -0.4 is 9.47 Å². The Balaban J connectivity index is 1.50. The molecular weight excluding hydrogens is 400 g/mol. The van der Waals surface area contributed by atoms with Gasteiger partial charge in [-0.2, -0.15) is 0 Å². The van der Waals surface area contributed by atoms with Crippen molar-refractivity contribution in [3.8, 4) is 11.5 Å². The van der Waals surface area contributed by atoms with Gasteiger partial charge in [-0.1, -0.05) is 91.0 Å². The Morgan fingerprint density at radius 2 is 1.06 bits per heavy atom. The van der Waals surface area contributed by atoms with Crippen molar-refractivity contribution < 1.29 is 19.0 Å². The number of hydrogen-bond donors (Lipinski definition) is 0. The molecule has 0 aliphatic heterocycles. The molecule has 4 rings (SSSR count). The molecule has 0 N–H and O–H groups in total. The summed E-state index contributed by atoms with van der Waals surface area (Å²) in [7, 11) is 0. The fourth-order valence-electron chi connectivity index (χ4n) is 3.16. The lowest BCUT2D eigenvalue weighted by Crippen LogP contribution is -2.09. The Labute approximate surface area is 188 Å². The highest BCUT2D eigenvalue weighted by atomic mass is 16.5. The molecule has 0 fully saturated rings. The Kier molecular flexibility index (Phi) is 7.17. The topological polar surface area (TPSA) is 44.8 Å². The van der Waals surface area contributed by atoms with Crippen LogP contribution in [0.5, 0.6) is 11.5 Å². The van der Waals surface area contributed by atoms with Gasteiger partial charge in [0.05, 0.1) is 0 Å². The van der Waals surface area contributed by atoms with E-state index in [4.69, 9.17) is 14.2 Å². The standard InChI is InChI=1S/C28H24O4/c29-28(32-21-24-14-8-3-9-15-24)26-18-25(30-19-22-10-4-1-5-11-22)16-17-27(26)31-20-23-12-6-2-7-13-23/h1-18H,19-21H2. The summed E-state index contributed by atoms with van der Waals surface area (Å²) in [6.45, 7) is 0.945. The summed E-state index contributed by atoms with van der Waals surface area (Å²) in [5.41, 5.74) is 3.32. The largest absolute Gasteiger partial charge is 0.489 e. The average Bonchev–Trinajstić information content (AvgIpc) is 2.87. The quantitative estimate of drug-likeness (QED) is 0.300. The molecule has 4 aromatic rings. The van der Waals surface area contributed by atoms with Crippen molar-refractivity contribution in [2.45, 2.75) is 19.8 Å². The second kappa shape index (κ2) is 10.8. The van der Waals surface area contributed by atoms with Crippen molar-refractivity contribution >= 4 is 5.97 Å². The molecule has 0 saturated carbocycles. The van der Waals surface area contributed by atoms with Crippen LogP contribution in [0.25, 0.3) is 0 Å². The van der Waals surface area contributed by atoms with Crippen LogP contribution in [0, 0.1) is 0 Å². The van der Waals surface area contributed by atoms with Crippen LogP contribution in [-0.4, -0.2) is 5.97 Å². The van der Waals surface area contributed by atoms with Gasteiger partial charge in [-0.05, 0) is 34.9 Å². The van der Waals surface area contributed by atoms with Crippen molar-refractivity contribution in [2.24, 2.45) is 0 Å². The van der Waals surface area contributed by atoms with Crippen molar-refractivity contribution in [2.75, 3.05) is 0 Å². The van der Waals surface area contributed by atoms with Gasteiger partial charge in [0.15, 0.2) is 0 Å². The maximum atomic E-state index is 12.9. The summed E-state index contributed by atoms with van der Waals surface area (Å²) in [6.07, 6.45) is 0. The molecule has 0 bridgehead atoms. The number of benzene rings is 4. The molecule has 0 spiro atoms. The Morgan fingerprint density at radius 3 is 1.62 bits per heavy atom. The zero-order valence-corrected chi connectivity index (χ0v) is 17.6. The zero-order valence-electron chi connectivity index (χ0n) is 17.6. The lowest BCUT2D eigenvalue weighted by atomic mass is 10.1. The van der Waals surface area contributed by atoms with E-state index in [0.717, 1.165) is 16.7 Å². The van der Waals surface area contributed by atoms with Gasteiger partial charge >= 0.3 is 5.97 Å². The SMILES string of the molecule is O=C(OCc1ccccc1)c1cc(OCc2ccccc2)ccc1OCc1ccccc1. The highest BCUT2D eigenvalue weighted by molar-refractivity contribution is 5.93. The summed E-state index contributed by atoms with van der Waals surface area (Å²) < 4.78 is 17.4. The maximum Gasteiger partial charge on any atom is 0.342 e. The number of carbonyl (C=O) groups excluding carboxylic acids is 1. The Hall–Kier alpha value is -4.05. The van der Waals surface area contributed by atoms with E-state index in [1.165, 1.54) is 0 Å². The summed E-state index contributed by atoms with van der Waals surface area (Å²) in [6, 6.07) is 34.5. The zero-order chi connectivity index (χ0) is 22.0. The van der Waals surface area contributed by atoms with Crippen molar-refractivity contribution in [3.63, 3.8) is 0 Å². The molecule has 4 aromatic carbocycles. The highest BCUT2D eigenvalue weighted by Gasteiger charge is 2.16. The Morgan fingerprint density at radius 1 is 0.562 bits per heavy atom. The van der Waals surface area contributed by atoms with E-state index >= 15 is 0 Å². The third-order valence-corrected chi connectivity index (χ3v) is 4.87. The van der Waals surface area contributed by atoms with Gasteiger partial charge in [0.2, 0.25) is 0 Å². The van der Waals surface area contributed by atoms with Crippen molar-refractivity contribution in [1.29, 1.82) is 0 Å². The smallest absolute Gasteiger partial charge is 0.342 e. The number of carbonyl (C=O) groups is 1. The first-order chi connectivity index (χ1) is 15.8. The van der Waals surface area contributed by atoms with Crippen LogP contribution in [0.4, 0.5) is 0 Å². The number of ether oxygens (including phenoxy) is 3. The molecule has 0 aliphatic carbocycles. The van der Waals surface area contributed by atoms with E-state index in [9.17, 15) is 4.79 Å². The van der Waals surface area contributed by atoms with Crippen LogP contribution in [0.1, 0.15) is 27.0 Å². The average molecular weight is 424 g/mol. The van der Waals surface area contributed by atoms with Crippen molar-refractivity contribution in [3.05, 3.63) is 131 Å². The lowest BCUT2D eigenvalue weighted by Gasteiger charge is -2.14. The summed E-state index contributed by atoms with van der Waals surface area (Å²) in [5.74, 6) is 0.577.